The predicted octanol–water partition coefficient (Wildman–Crippen LogP) is 2.63. The van der Waals surface area contributed by atoms with Crippen LogP contribution < -0.4 is 10.4 Å². The number of nitrogens with zero attached hydrogens (tertiary/aromatic N) is 4. The molecule has 0 N–H and O–H groups in total. The first kappa shape index (κ1) is 20.4. The Balaban J connectivity index is 1.63. The predicted molar refractivity (Wildman–Crippen MR) is 96.5 cm³/mol. The van der Waals surface area contributed by atoms with Gasteiger partial charge >= 0.3 is 12.1 Å². The van der Waals surface area contributed by atoms with E-state index in [4.69, 9.17) is 0 Å². The van der Waals surface area contributed by atoms with Crippen molar-refractivity contribution in [2.75, 3.05) is 13.1 Å². The van der Waals surface area contributed by atoms with Crippen LogP contribution in [0.3, 0.4) is 0 Å². The number of fused-ring (bicyclic) bond motifs is 1. The molecule has 1 unspecified atom stereocenters. The number of carbonyl (C=O) groups excluding carboxylic acids is 1. The average Bonchev–Trinajstić information content (AvgIpc) is 3.32. The van der Waals surface area contributed by atoms with Crippen LogP contribution in [-0.4, -0.2) is 44.6 Å². The van der Waals surface area contributed by atoms with Gasteiger partial charge < -0.3 is 9.64 Å². The molecule has 1 atom stereocenters. The lowest BCUT2D eigenvalue weighted by molar-refractivity contribution is -0.275. The van der Waals surface area contributed by atoms with E-state index in [-0.39, 0.29) is 18.0 Å². The minimum atomic E-state index is -5.03. The summed E-state index contributed by atoms with van der Waals surface area (Å²) in [6, 6.07) is 2.67. The summed E-state index contributed by atoms with van der Waals surface area (Å²) in [4.78, 5) is 27.5. The summed E-state index contributed by atoms with van der Waals surface area (Å²) in [5.41, 5.74) is -0.750. The van der Waals surface area contributed by atoms with Crippen molar-refractivity contribution >= 4 is 5.91 Å². The molecule has 11 heteroatoms. The van der Waals surface area contributed by atoms with Gasteiger partial charge in [0.25, 0.3) is 0 Å². The zero-order chi connectivity index (χ0) is 21.5. The normalized spacial score (nSPS) is 19.1. The highest BCUT2D eigenvalue weighted by molar-refractivity contribution is 5.80. The molecule has 0 aliphatic carbocycles. The lowest BCUT2D eigenvalue weighted by atomic mass is 10.0. The molecular weight excluding hydrogens is 408 g/mol. The molecular formula is C19H20F4N4O3. The molecule has 30 heavy (non-hydrogen) atoms. The molecule has 4 rings (SSSR count). The van der Waals surface area contributed by atoms with E-state index in [1.165, 1.54) is 16.7 Å². The van der Waals surface area contributed by atoms with Crippen LogP contribution in [0.1, 0.15) is 43.1 Å². The van der Waals surface area contributed by atoms with E-state index >= 15 is 0 Å². The van der Waals surface area contributed by atoms with Crippen LogP contribution in [0.5, 0.6) is 5.75 Å². The standard InChI is InChI=1S/C19H20F4N4O3/c20-16-12(5-3-7-14(16)30-19(21,22)23)11-26-18(29)27-13(6-4-8-15(27)24-26)17(28)25-9-1-2-10-25/h3,5,7,13H,1-2,4,6,8-11H2. The van der Waals surface area contributed by atoms with Gasteiger partial charge in [0.1, 0.15) is 11.9 Å². The molecule has 0 saturated carbocycles. The number of hydrogen-bond donors (Lipinski definition) is 0. The number of aromatic nitrogens is 3. The highest BCUT2D eigenvalue weighted by Crippen LogP contribution is 2.28. The number of benzene rings is 1. The van der Waals surface area contributed by atoms with Crippen molar-refractivity contribution in [2.45, 2.75) is 51.1 Å². The van der Waals surface area contributed by atoms with Crippen molar-refractivity contribution in [3.63, 3.8) is 0 Å². The van der Waals surface area contributed by atoms with E-state index in [1.54, 1.807) is 4.90 Å². The summed E-state index contributed by atoms with van der Waals surface area (Å²) in [6.07, 6.45) is -1.50. The van der Waals surface area contributed by atoms with Crippen LogP contribution in [0.2, 0.25) is 0 Å². The SMILES string of the molecule is O=C(C1CCCc2nn(Cc3cccc(OC(F)(F)F)c3F)c(=O)n21)N1CCCC1. The van der Waals surface area contributed by atoms with Crippen LogP contribution in [0, 0.1) is 5.82 Å². The number of aryl methyl sites for hydroxylation is 1. The Morgan fingerprint density at radius 1 is 1.20 bits per heavy atom. The first-order chi connectivity index (χ1) is 14.2. The molecule has 2 aromatic rings. The van der Waals surface area contributed by atoms with Crippen molar-refractivity contribution in [3.8, 4) is 5.75 Å². The second kappa shape index (κ2) is 7.77. The van der Waals surface area contributed by atoms with Crippen molar-refractivity contribution in [1.82, 2.24) is 19.2 Å². The Morgan fingerprint density at radius 3 is 2.63 bits per heavy atom. The third-order valence-electron chi connectivity index (χ3n) is 5.42. The van der Waals surface area contributed by atoms with Gasteiger partial charge in [0.05, 0.1) is 6.54 Å². The zero-order valence-electron chi connectivity index (χ0n) is 16.0. The molecule has 1 amide bonds. The number of hydrogen-bond acceptors (Lipinski definition) is 4. The molecule has 2 aliphatic heterocycles. The van der Waals surface area contributed by atoms with Gasteiger partial charge in [-0.2, -0.15) is 5.10 Å². The van der Waals surface area contributed by atoms with Crippen LogP contribution in [-0.2, 0) is 17.8 Å². The van der Waals surface area contributed by atoms with Crippen molar-refractivity contribution in [1.29, 1.82) is 0 Å². The largest absolute Gasteiger partial charge is 0.573 e. The fraction of sp³-hybridized carbons (Fsp3) is 0.526. The van der Waals surface area contributed by atoms with E-state index in [2.05, 4.69) is 9.84 Å². The third kappa shape index (κ3) is 3.92. The topological polar surface area (TPSA) is 69.4 Å². The summed E-state index contributed by atoms with van der Waals surface area (Å²) < 4.78 is 57.8. The summed E-state index contributed by atoms with van der Waals surface area (Å²) in [5.74, 6) is -1.88. The smallest absolute Gasteiger partial charge is 0.403 e. The minimum Gasteiger partial charge on any atom is -0.403 e. The van der Waals surface area contributed by atoms with Crippen molar-refractivity contribution < 1.29 is 27.1 Å². The van der Waals surface area contributed by atoms with Gasteiger partial charge in [-0.15, -0.1) is 13.2 Å². The van der Waals surface area contributed by atoms with E-state index in [0.29, 0.717) is 38.2 Å². The summed E-state index contributed by atoms with van der Waals surface area (Å²) in [7, 11) is 0. The van der Waals surface area contributed by atoms with Crippen LogP contribution in [0.4, 0.5) is 17.6 Å². The molecule has 3 heterocycles. The maximum absolute atomic E-state index is 14.5. The molecule has 0 radical (unpaired) electrons. The number of ether oxygens (including phenoxy) is 1. The molecule has 1 aromatic carbocycles. The molecule has 162 valence electrons. The fourth-order valence-electron chi connectivity index (χ4n) is 4.06. The highest BCUT2D eigenvalue weighted by Gasteiger charge is 2.35. The van der Waals surface area contributed by atoms with E-state index in [1.807, 2.05) is 0 Å². The minimum absolute atomic E-state index is 0.123. The molecule has 0 bridgehead atoms. The molecule has 1 saturated heterocycles. The number of amides is 1. The number of carbonyl (C=O) groups is 1. The van der Waals surface area contributed by atoms with Gasteiger partial charge in [-0.05, 0) is 31.7 Å². The van der Waals surface area contributed by atoms with Gasteiger partial charge in [-0.1, -0.05) is 12.1 Å². The molecule has 0 spiro atoms. The second-order valence-corrected chi connectivity index (χ2v) is 7.44. The number of alkyl halides is 3. The molecule has 7 nitrogen and oxygen atoms in total. The van der Waals surface area contributed by atoms with Crippen LogP contribution in [0.25, 0.3) is 0 Å². The van der Waals surface area contributed by atoms with Gasteiger partial charge in [0.15, 0.2) is 11.6 Å². The van der Waals surface area contributed by atoms with Crippen molar-refractivity contribution in [3.05, 3.63) is 45.9 Å². The number of likely N-dealkylation sites (tertiary alicyclic amines) is 1. The first-order valence-electron chi connectivity index (χ1n) is 9.75. The first-order valence-corrected chi connectivity index (χ1v) is 9.75. The van der Waals surface area contributed by atoms with E-state index < -0.39 is 29.7 Å². The molecule has 1 fully saturated rings. The number of rotatable bonds is 4. The van der Waals surface area contributed by atoms with E-state index in [9.17, 15) is 27.2 Å². The average molecular weight is 428 g/mol. The highest BCUT2D eigenvalue weighted by atomic mass is 19.4. The zero-order valence-corrected chi connectivity index (χ0v) is 16.0. The van der Waals surface area contributed by atoms with Crippen LogP contribution in [0.15, 0.2) is 23.0 Å². The maximum Gasteiger partial charge on any atom is 0.573 e. The Labute approximate surface area is 168 Å². The lowest BCUT2D eigenvalue weighted by Gasteiger charge is -2.27. The number of halogens is 4. The van der Waals surface area contributed by atoms with Gasteiger partial charge in [-0.25, -0.2) is 13.9 Å². The summed E-state index contributed by atoms with van der Waals surface area (Å²) in [5, 5.41) is 4.22. The Morgan fingerprint density at radius 2 is 1.93 bits per heavy atom. The maximum atomic E-state index is 14.5. The Kier molecular flexibility index (Phi) is 5.29. The van der Waals surface area contributed by atoms with Gasteiger partial charge in [0.2, 0.25) is 5.91 Å². The monoisotopic (exact) mass is 428 g/mol. The van der Waals surface area contributed by atoms with Gasteiger partial charge in [0, 0.05) is 25.1 Å². The molecule has 2 aliphatic rings. The lowest BCUT2D eigenvalue weighted by Crippen LogP contribution is -2.41. The molecule has 1 aromatic heterocycles. The Bertz CT molecular complexity index is 1010. The third-order valence-corrected chi connectivity index (χ3v) is 5.42. The van der Waals surface area contributed by atoms with Crippen molar-refractivity contribution in [2.24, 2.45) is 0 Å². The fourth-order valence-corrected chi connectivity index (χ4v) is 4.06. The van der Waals surface area contributed by atoms with E-state index in [0.717, 1.165) is 23.6 Å². The second-order valence-electron chi connectivity index (χ2n) is 7.44. The van der Waals surface area contributed by atoms with Gasteiger partial charge in [-0.3, -0.25) is 9.36 Å². The Hall–Kier alpha value is -2.85. The summed E-state index contributed by atoms with van der Waals surface area (Å²) >= 11 is 0. The van der Waals surface area contributed by atoms with Crippen LogP contribution >= 0.6 is 0 Å². The summed E-state index contributed by atoms with van der Waals surface area (Å²) in [6.45, 7) is 0.944. The quantitative estimate of drug-likeness (QED) is 0.703.